The molecule has 0 N–H and O–H groups in total. The third kappa shape index (κ3) is 2.04. The van der Waals surface area contributed by atoms with Gasteiger partial charge >= 0.3 is 0 Å². The van der Waals surface area contributed by atoms with Crippen molar-refractivity contribution in [3.05, 3.63) is 29.8 Å². The standard InChI is InChI=1S/C11H14FNO/c1-14-11-4-2-3-9(5-11)6-13-7-10(12)8-13/h2-5,10H,6-8H2,1H3. The lowest BCUT2D eigenvalue weighted by molar-refractivity contribution is 0.0591. The van der Waals surface area contributed by atoms with Crippen LogP contribution in [0.25, 0.3) is 0 Å². The Bertz CT molecular complexity index is 310. The predicted molar refractivity (Wildman–Crippen MR) is 53.2 cm³/mol. The number of alkyl halides is 1. The minimum Gasteiger partial charge on any atom is -0.497 e. The van der Waals surface area contributed by atoms with Gasteiger partial charge in [-0.3, -0.25) is 4.90 Å². The fourth-order valence-electron chi connectivity index (χ4n) is 1.66. The second-order valence-corrected chi connectivity index (χ2v) is 3.64. The number of methoxy groups -OCH3 is 1. The van der Waals surface area contributed by atoms with Crippen LogP contribution >= 0.6 is 0 Å². The van der Waals surface area contributed by atoms with E-state index in [9.17, 15) is 4.39 Å². The van der Waals surface area contributed by atoms with Crippen molar-refractivity contribution in [2.75, 3.05) is 20.2 Å². The molecule has 3 heteroatoms. The van der Waals surface area contributed by atoms with Crippen molar-refractivity contribution < 1.29 is 9.13 Å². The van der Waals surface area contributed by atoms with Crippen LogP contribution in [-0.4, -0.2) is 31.3 Å². The number of benzene rings is 1. The highest BCUT2D eigenvalue weighted by Gasteiger charge is 2.25. The summed E-state index contributed by atoms with van der Waals surface area (Å²) < 4.78 is 17.7. The molecule has 76 valence electrons. The Balaban J connectivity index is 1.95. The van der Waals surface area contributed by atoms with Crippen LogP contribution in [0.2, 0.25) is 0 Å². The zero-order chi connectivity index (χ0) is 9.97. The Labute approximate surface area is 83.3 Å². The first-order valence-corrected chi connectivity index (χ1v) is 4.77. The van der Waals surface area contributed by atoms with Crippen molar-refractivity contribution in [3.8, 4) is 5.75 Å². The van der Waals surface area contributed by atoms with Crippen molar-refractivity contribution >= 4 is 0 Å². The maximum Gasteiger partial charge on any atom is 0.125 e. The lowest BCUT2D eigenvalue weighted by atomic mass is 10.1. The first-order valence-electron chi connectivity index (χ1n) is 4.77. The van der Waals surface area contributed by atoms with E-state index in [-0.39, 0.29) is 0 Å². The summed E-state index contributed by atoms with van der Waals surface area (Å²) >= 11 is 0. The molecule has 0 saturated carbocycles. The van der Waals surface area contributed by atoms with Gasteiger partial charge in [-0.25, -0.2) is 4.39 Å². The van der Waals surface area contributed by atoms with Gasteiger partial charge in [-0.05, 0) is 17.7 Å². The second-order valence-electron chi connectivity index (χ2n) is 3.64. The second kappa shape index (κ2) is 3.96. The summed E-state index contributed by atoms with van der Waals surface area (Å²) in [5.74, 6) is 0.861. The molecule has 1 aliphatic rings. The molecule has 0 aliphatic carbocycles. The van der Waals surface area contributed by atoms with E-state index in [1.54, 1.807) is 7.11 Å². The Morgan fingerprint density at radius 2 is 2.29 bits per heavy atom. The number of ether oxygens (including phenoxy) is 1. The summed E-state index contributed by atoms with van der Waals surface area (Å²) in [6.45, 7) is 1.95. The highest BCUT2D eigenvalue weighted by Crippen LogP contribution is 2.18. The van der Waals surface area contributed by atoms with Crippen LogP contribution < -0.4 is 4.74 Å². The van der Waals surface area contributed by atoms with E-state index in [1.807, 2.05) is 24.3 Å². The van der Waals surface area contributed by atoms with Gasteiger partial charge in [0, 0.05) is 19.6 Å². The molecule has 1 saturated heterocycles. The highest BCUT2D eigenvalue weighted by atomic mass is 19.1. The van der Waals surface area contributed by atoms with Gasteiger partial charge in [0.1, 0.15) is 11.9 Å². The predicted octanol–water partition coefficient (Wildman–Crippen LogP) is 1.85. The summed E-state index contributed by atoms with van der Waals surface area (Å²) in [4.78, 5) is 2.08. The molecule has 0 bridgehead atoms. The van der Waals surface area contributed by atoms with Gasteiger partial charge in [0.25, 0.3) is 0 Å². The van der Waals surface area contributed by atoms with Crippen LogP contribution in [0, 0.1) is 0 Å². The molecule has 0 amide bonds. The van der Waals surface area contributed by atoms with Crippen LogP contribution in [0.5, 0.6) is 5.75 Å². The van der Waals surface area contributed by atoms with Crippen molar-refractivity contribution in [2.24, 2.45) is 0 Å². The molecule has 0 radical (unpaired) electrons. The van der Waals surface area contributed by atoms with Gasteiger partial charge in [0.15, 0.2) is 0 Å². The number of hydrogen-bond acceptors (Lipinski definition) is 2. The smallest absolute Gasteiger partial charge is 0.125 e. The van der Waals surface area contributed by atoms with Crippen molar-refractivity contribution in [1.82, 2.24) is 4.90 Å². The van der Waals surface area contributed by atoms with E-state index in [0.29, 0.717) is 13.1 Å². The summed E-state index contributed by atoms with van der Waals surface area (Å²) in [7, 11) is 1.65. The number of likely N-dealkylation sites (tertiary alicyclic amines) is 1. The normalized spacial score (nSPS) is 17.9. The molecule has 2 nitrogen and oxygen atoms in total. The fourth-order valence-corrected chi connectivity index (χ4v) is 1.66. The van der Waals surface area contributed by atoms with Gasteiger partial charge in [-0.2, -0.15) is 0 Å². The average Bonchev–Trinajstić information content (AvgIpc) is 2.16. The molecule has 0 aromatic heterocycles. The van der Waals surface area contributed by atoms with Gasteiger partial charge in [0.2, 0.25) is 0 Å². The molecular weight excluding hydrogens is 181 g/mol. The molecule has 14 heavy (non-hydrogen) atoms. The van der Waals surface area contributed by atoms with Crippen molar-refractivity contribution in [2.45, 2.75) is 12.7 Å². The Kier molecular flexibility index (Phi) is 2.68. The molecule has 1 aliphatic heterocycles. The lowest BCUT2D eigenvalue weighted by Gasteiger charge is -2.34. The molecule has 0 atom stereocenters. The zero-order valence-electron chi connectivity index (χ0n) is 8.24. The van der Waals surface area contributed by atoms with Gasteiger partial charge < -0.3 is 4.74 Å². The van der Waals surface area contributed by atoms with Crippen LogP contribution in [0.3, 0.4) is 0 Å². The first-order chi connectivity index (χ1) is 6.78. The minimum absolute atomic E-state index is 0.567. The highest BCUT2D eigenvalue weighted by molar-refractivity contribution is 5.28. The third-order valence-corrected chi connectivity index (χ3v) is 2.45. The molecule has 1 aromatic rings. The minimum atomic E-state index is -0.624. The Morgan fingerprint density at radius 3 is 2.93 bits per heavy atom. The lowest BCUT2D eigenvalue weighted by Crippen LogP contribution is -2.47. The van der Waals surface area contributed by atoms with Crippen LogP contribution in [0.1, 0.15) is 5.56 Å². The molecule has 1 fully saturated rings. The maximum absolute atomic E-state index is 12.5. The van der Waals surface area contributed by atoms with Gasteiger partial charge in [0.05, 0.1) is 7.11 Å². The number of rotatable bonds is 3. The monoisotopic (exact) mass is 195 g/mol. The molecule has 0 spiro atoms. The van der Waals surface area contributed by atoms with Crippen molar-refractivity contribution in [1.29, 1.82) is 0 Å². The largest absolute Gasteiger partial charge is 0.497 e. The zero-order valence-corrected chi connectivity index (χ0v) is 8.24. The van der Waals surface area contributed by atoms with Gasteiger partial charge in [-0.15, -0.1) is 0 Å². The molecule has 0 unspecified atom stereocenters. The SMILES string of the molecule is COc1cccc(CN2CC(F)C2)c1. The Hall–Kier alpha value is -1.09. The Morgan fingerprint density at radius 1 is 1.50 bits per heavy atom. The van der Waals surface area contributed by atoms with Crippen LogP contribution in [0.15, 0.2) is 24.3 Å². The quantitative estimate of drug-likeness (QED) is 0.729. The number of hydrogen-bond donors (Lipinski definition) is 0. The van der Waals surface area contributed by atoms with Crippen molar-refractivity contribution in [3.63, 3.8) is 0 Å². The van der Waals surface area contributed by atoms with Gasteiger partial charge in [-0.1, -0.05) is 12.1 Å². The third-order valence-electron chi connectivity index (χ3n) is 2.45. The van der Waals surface area contributed by atoms with E-state index in [0.717, 1.165) is 12.3 Å². The molecular formula is C11H14FNO. The fraction of sp³-hybridized carbons (Fsp3) is 0.455. The van der Waals surface area contributed by atoms with E-state index < -0.39 is 6.17 Å². The summed E-state index contributed by atoms with van der Waals surface area (Å²) in [6.07, 6.45) is -0.624. The van der Waals surface area contributed by atoms with E-state index in [2.05, 4.69) is 4.90 Å². The first kappa shape index (κ1) is 9.46. The van der Waals surface area contributed by atoms with E-state index >= 15 is 0 Å². The molecule has 1 aromatic carbocycles. The molecule has 2 rings (SSSR count). The van der Waals surface area contributed by atoms with E-state index in [1.165, 1.54) is 5.56 Å². The average molecular weight is 195 g/mol. The van der Waals surface area contributed by atoms with E-state index in [4.69, 9.17) is 4.74 Å². The summed E-state index contributed by atoms with van der Waals surface area (Å²) in [5.41, 5.74) is 1.18. The number of halogens is 1. The molecule has 1 heterocycles. The summed E-state index contributed by atoms with van der Waals surface area (Å²) in [6, 6.07) is 7.90. The maximum atomic E-state index is 12.5. The summed E-state index contributed by atoms with van der Waals surface area (Å²) in [5, 5.41) is 0. The topological polar surface area (TPSA) is 12.5 Å². The number of nitrogens with zero attached hydrogens (tertiary/aromatic N) is 1. The van der Waals surface area contributed by atoms with Crippen LogP contribution in [0.4, 0.5) is 4.39 Å². The van der Waals surface area contributed by atoms with Crippen LogP contribution in [-0.2, 0) is 6.54 Å².